The molecule has 1 aromatic carbocycles. The summed E-state index contributed by atoms with van der Waals surface area (Å²) in [5, 5.41) is 74.1. The van der Waals surface area contributed by atoms with Crippen molar-refractivity contribution in [2.75, 3.05) is 6.61 Å². The lowest BCUT2D eigenvalue weighted by Crippen LogP contribution is -2.60. The molecule has 1 saturated heterocycles. The predicted molar refractivity (Wildman–Crippen MR) is 126 cm³/mol. The van der Waals surface area contributed by atoms with Crippen molar-refractivity contribution in [3.05, 3.63) is 22.8 Å². The first-order chi connectivity index (χ1) is 16.3. The highest BCUT2D eigenvalue weighted by Gasteiger charge is 2.53. The van der Waals surface area contributed by atoms with Crippen LogP contribution in [0.15, 0.2) is 6.07 Å². The molecule has 8 unspecified atom stereocenters. The lowest BCUT2D eigenvalue weighted by atomic mass is 9.58. The molecule has 1 heterocycles. The average molecular weight is 497 g/mol. The number of ether oxygens (including phenoxy) is 2. The minimum Gasteiger partial charge on any atom is -0.504 e. The number of hydrogen-bond donors (Lipinski definition) is 7. The summed E-state index contributed by atoms with van der Waals surface area (Å²) >= 11 is 0. The summed E-state index contributed by atoms with van der Waals surface area (Å²) in [5.74, 6) is -0.303. The van der Waals surface area contributed by atoms with Crippen LogP contribution in [0, 0.1) is 11.3 Å². The van der Waals surface area contributed by atoms with E-state index in [-0.39, 0.29) is 29.8 Å². The Hall–Kier alpha value is -1.46. The number of phenols is 1. The number of benzene rings is 1. The molecule has 7 N–H and O–H groups in total. The summed E-state index contributed by atoms with van der Waals surface area (Å²) in [6.45, 7) is 7.24. The van der Waals surface area contributed by atoms with Crippen LogP contribution in [0.25, 0.3) is 0 Å². The fraction of sp³-hybridized carbons (Fsp3) is 0.769. The standard InChI is InChI=1S/C26H40O9/c1-12(2)14-9-13-5-6-17-25(3,4)18(28)7-8-26(17,33)10-15(13)19(29)23(14)35-24-22(32)21(31)20(30)16(11-27)34-24/h9,12,16-18,20-22,24,27-33H,5-8,10-11H2,1-4H3. The largest absolute Gasteiger partial charge is 0.504 e. The second-order valence-electron chi connectivity index (χ2n) is 11.5. The first-order valence-electron chi connectivity index (χ1n) is 12.6. The van der Waals surface area contributed by atoms with E-state index >= 15 is 0 Å². The van der Waals surface area contributed by atoms with E-state index in [1.54, 1.807) is 0 Å². The lowest BCUT2D eigenvalue weighted by molar-refractivity contribution is -0.277. The molecule has 1 aromatic rings. The van der Waals surface area contributed by atoms with Crippen LogP contribution in [-0.2, 0) is 17.6 Å². The van der Waals surface area contributed by atoms with E-state index in [0.29, 0.717) is 36.8 Å². The van der Waals surface area contributed by atoms with Gasteiger partial charge >= 0.3 is 0 Å². The van der Waals surface area contributed by atoms with Crippen LogP contribution in [0.5, 0.6) is 11.5 Å². The Labute approximate surface area is 205 Å². The van der Waals surface area contributed by atoms with E-state index in [2.05, 4.69) is 0 Å². The van der Waals surface area contributed by atoms with Gasteiger partial charge in [0, 0.05) is 17.5 Å². The summed E-state index contributed by atoms with van der Waals surface area (Å²) in [7, 11) is 0. The maximum atomic E-state index is 11.7. The number of rotatable bonds is 4. The quantitative estimate of drug-likeness (QED) is 0.318. The first-order valence-corrected chi connectivity index (χ1v) is 12.6. The van der Waals surface area contributed by atoms with Gasteiger partial charge in [-0.3, -0.25) is 0 Å². The third-order valence-corrected chi connectivity index (χ3v) is 8.63. The SMILES string of the molecule is CC(C)c1cc2c(c(O)c1OC1OC(CO)C(O)C(O)C1O)CC1(O)CCC(O)C(C)(C)C1CC2. The van der Waals surface area contributed by atoms with Crippen LogP contribution in [-0.4, -0.2) is 84.8 Å². The number of aliphatic hydroxyl groups excluding tert-OH is 5. The van der Waals surface area contributed by atoms with Crippen molar-refractivity contribution >= 4 is 0 Å². The molecule has 1 saturated carbocycles. The molecule has 0 radical (unpaired) electrons. The normalized spacial score (nSPS) is 39.0. The maximum absolute atomic E-state index is 11.7. The minimum absolute atomic E-state index is 0.0713. The molecule has 9 heteroatoms. The van der Waals surface area contributed by atoms with Gasteiger partial charge in [-0.2, -0.15) is 0 Å². The fourth-order valence-electron chi connectivity index (χ4n) is 6.34. The van der Waals surface area contributed by atoms with E-state index < -0.39 is 54.4 Å². The van der Waals surface area contributed by atoms with Crippen LogP contribution in [0.4, 0.5) is 0 Å². The van der Waals surface area contributed by atoms with Crippen LogP contribution in [0.2, 0.25) is 0 Å². The van der Waals surface area contributed by atoms with Gasteiger partial charge in [0.2, 0.25) is 6.29 Å². The maximum Gasteiger partial charge on any atom is 0.229 e. The zero-order chi connectivity index (χ0) is 25.9. The molecule has 2 aliphatic carbocycles. The van der Waals surface area contributed by atoms with Crippen LogP contribution >= 0.6 is 0 Å². The highest BCUT2D eigenvalue weighted by atomic mass is 16.7. The number of fused-ring (bicyclic) bond motifs is 2. The van der Waals surface area contributed by atoms with Gasteiger partial charge in [0.1, 0.15) is 24.4 Å². The molecule has 8 atom stereocenters. The fourth-order valence-corrected chi connectivity index (χ4v) is 6.34. The molecule has 0 bridgehead atoms. The zero-order valence-electron chi connectivity index (χ0n) is 20.9. The Morgan fingerprint density at radius 2 is 1.77 bits per heavy atom. The Kier molecular flexibility index (Phi) is 7.18. The molecule has 0 spiro atoms. The highest BCUT2D eigenvalue weighted by molar-refractivity contribution is 5.57. The molecular weight excluding hydrogens is 456 g/mol. The van der Waals surface area contributed by atoms with E-state index in [1.165, 1.54) is 0 Å². The second kappa shape index (κ2) is 9.45. The summed E-state index contributed by atoms with van der Waals surface area (Å²) in [6, 6.07) is 1.95. The lowest BCUT2D eigenvalue weighted by Gasteiger charge is -2.51. The van der Waals surface area contributed by atoms with E-state index in [0.717, 1.165) is 5.56 Å². The number of aliphatic hydroxyl groups is 6. The number of aryl methyl sites for hydroxylation is 1. The van der Waals surface area contributed by atoms with Gasteiger partial charge in [-0.25, -0.2) is 0 Å². The highest BCUT2D eigenvalue weighted by Crippen LogP contribution is 2.54. The van der Waals surface area contributed by atoms with Gasteiger partial charge in [-0.1, -0.05) is 33.8 Å². The molecule has 1 aliphatic heterocycles. The van der Waals surface area contributed by atoms with Gasteiger partial charge in [0.05, 0.1) is 18.3 Å². The van der Waals surface area contributed by atoms with Crippen molar-refractivity contribution in [2.24, 2.45) is 11.3 Å². The average Bonchev–Trinajstić information content (AvgIpc) is 2.95. The zero-order valence-corrected chi connectivity index (χ0v) is 20.9. The minimum atomic E-state index is -1.61. The number of hydrogen-bond acceptors (Lipinski definition) is 9. The molecule has 9 nitrogen and oxygen atoms in total. The van der Waals surface area contributed by atoms with Crippen LogP contribution in [0.1, 0.15) is 69.6 Å². The molecule has 0 aromatic heterocycles. The Balaban J connectivity index is 1.74. The molecule has 0 amide bonds. The predicted octanol–water partition coefficient (Wildman–Crippen LogP) is 0.711. The van der Waals surface area contributed by atoms with Gasteiger partial charge in [0.25, 0.3) is 0 Å². The van der Waals surface area contributed by atoms with Gasteiger partial charge < -0.3 is 45.2 Å². The van der Waals surface area contributed by atoms with Crippen molar-refractivity contribution < 1.29 is 45.2 Å². The Morgan fingerprint density at radius 3 is 2.40 bits per heavy atom. The monoisotopic (exact) mass is 496 g/mol. The third kappa shape index (κ3) is 4.45. The van der Waals surface area contributed by atoms with Crippen molar-refractivity contribution in [1.29, 1.82) is 0 Å². The van der Waals surface area contributed by atoms with Gasteiger partial charge in [-0.05, 0) is 48.5 Å². The molecule has 3 aliphatic rings. The van der Waals surface area contributed by atoms with Crippen molar-refractivity contribution in [3.8, 4) is 11.5 Å². The van der Waals surface area contributed by atoms with E-state index in [1.807, 2.05) is 33.8 Å². The number of aromatic hydroxyl groups is 1. The Morgan fingerprint density at radius 1 is 1.09 bits per heavy atom. The van der Waals surface area contributed by atoms with Gasteiger partial charge in [0.15, 0.2) is 11.5 Å². The second-order valence-corrected chi connectivity index (χ2v) is 11.5. The summed E-state index contributed by atoms with van der Waals surface area (Å²) in [6.07, 6.45) is -5.46. The molecular formula is C26H40O9. The van der Waals surface area contributed by atoms with Crippen molar-refractivity contribution in [3.63, 3.8) is 0 Å². The third-order valence-electron chi connectivity index (χ3n) is 8.63. The first kappa shape index (κ1) is 26.6. The van der Waals surface area contributed by atoms with Crippen LogP contribution < -0.4 is 4.74 Å². The topological polar surface area (TPSA) is 160 Å². The van der Waals surface area contributed by atoms with Crippen molar-refractivity contribution in [2.45, 2.75) is 108 Å². The van der Waals surface area contributed by atoms with Gasteiger partial charge in [-0.15, -0.1) is 0 Å². The number of phenolic OH excluding ortho intramolecular Hbond substituents is 1. The van der Waals surface area contributed by atoms with Crippen molar-refractivity contribution in [1.82, 2.24) is 0 Å². The summed E-state index contributed by atoms with van der Waals surface area (Å²) in [4.78, 5) is 0. The molecule has 35 heavy (non-hydrogen) atoms. The molecule has 198 valence electrons. The van der Waals surface area contributed by atoms with E-state index in [4.69, 9.17) is 9.47 Å². The molecule has 2 fully saturated rings. The Bertz CT molecular complexity index is 930. The van der Waals surface area contributed by atoms with Crippen LogP contribution in [0.3, 0.4) is 0 Å². The van der Waals surface area contributed by atoms with E-state index in [9.17, 15) is 35.7 Å². The smallest absolute Gasteiger partial charge is 0.229 e. The summed E-state index contributed by atoms with van der Waals surface area (Å²) in [5.41, 5.74) is 0.549. The molecule has 4 rings (SSSR count). The summed E-state index contributed by atoms with van der Waals surface area (Å²) < 4.78 is 11.5.